The van der Waals surface area contributed by atoms with Crippen molar-refractivity contribution in [1.82, 2.24) is 9.78 Å². The molecule has 1 aliphatic heterocycles. The maximum absolute atomic E-state index is 12.7. The summed E-state index contributed by atoms with van der Waals surface area (Å²) in [6.45, 7) is 0.262. The van der Waals surface area contributed by atoms with Crippen molar-refractivity contribution in [3.8, 4) is 11.5 Å². The Kier molecular flexibility index (Phi) is 3.13. The second kappa shape index (κ2) is 5.16. The fourth-order valence-electron chi connectivity index (χ4n) is 3.31. The van der Waals surface area contributed by atoms with E-state index >= 15 is 0 Å². The van der Waals surface area contributed by atoms with E-state index in [2.05, 4.69) is 5.10 Å². The minimum absolute atomic E-state index is 0.116. The van der Waals surface area contributed by atoms with E-state index < -0.39 is 0 Å². The molecule has 0 amide bonds. The van der Waals surface area contributed by atoms with Crippen LogP contribution in [0.25, 0.3) is 0 Å². The third kappa shape index (κ3) is 2.17. The van der Waals surface area contributed by atoms with E-state index in [1.165, 1.54) is 0 Å². The smallest absolute Gasteiger partial charge is 0.231 e. The number of benzene rings is 1. The summed E-state index contributed by atoms with van der Waals surface area (Å²) < 4.78 is 12.6. The van der Waals surface area contributed by atoms with E-state index in [4.69, 9.17) is 9.47 Å². The first-order valence-electron chi connectivity index (χ1n) is 7.69. The second-order valence-electron chi connectivity index (χ2n) is 5.90. The van der Waals surface area contributed by atoms with Crippen LogP contribution in [0.1, 0.15) is 35.4 Å². The van der Waals surface area contributed by atoms with Gasteiger partial charge in [0.05, 0.1) is 0 Å². The zero-order valence-electron chi connectivity index (χ0n) is 12.6. The van der Waals surface area contributed by atoms with Crippen molar-refractivity contribution in [2.75, 3.05) is 6.79 Å². The van der Waals surface area contributed by atoms with Crippen molar-refractivity contribution in [3.05, 3.63) is 50.9 Å². The molecular formula is C17H18N2O3. The molecule has 0 atom stereocenters. The van der Waals surface area contributed by atoms with E-state index in [-0.39, 0.29) is 12.2 Å². The van der Waals surface area contributed by atoms with Gasteiger partial charge in [-0.2, -0.15) is 5.10 Å². The van der Waals surface area contributed by atoms with Crippen LogP contribution in [-0.4, -0.2) is 16.6 Å². The lowest BCUT2D eigenvalue weighted by atomic mass is 9.94. The number of nitrogens with zero attached hydrogens (tertiary/aromatic N) is 2. The van der Waals surface area contributed by atoms with Crippen molar-refractivity contribution >= 4 is 0 Å². The van der Waals surface area contributed by atoms with Crippen LogP contribution in [0.2, 0.25) is 0 Å². The van der Waals surface area contributed by atoms with Crippen molar-refractivity contribution in [1.29, 1.82) is 0 Å². The minimum atomic E-state index is 0.116. The molecule has 0 spiro atoms. The fraction of sp³-hybridized carbons (Fsp3) is 0.412. The first kappa shape index (κ1) is 13.4. The summed E-state index contributed by atoms with van der Waals surface area (Å²) in [5.41, 5.74) is 3.81. The van der Waals surface area contributed by atoms with Gasteiger partial charge < -0.3 is 9.47 Å². The van der Waals surface area contributed by atoms with Crippen LogP contribution in [-0.2, 0) is 26.3 Å². The van der Waals surface area contributed by atoms with Gasteiger partial charge in [-0.1, -0.05) is 6.07 Å². The monoisotopic (exact) mass is 298 g/mol. The summed E-state index contributed by atoms with van der Waals surface area (Å²) in [7, 11) is 1.94. The predicted octanol–water partition coefficient (Wildman–Crippen LogP) is 1.98. The van der Waals surface area contributed by atoms with E-state index in [0.29, 0.717) is 12.1 Å². The number of fused-ring (bicyclic) bond motifs is 2. The molecule has 1 aliphatic carbocycles. The topological polar surface area (TPSA) is 53.4 Å². The maximum atomic E-state index is 12.7. The Morgan fingerprint density at radius 2 is 2.00 bits per heavy atom. The molecule has 4 rings (SSSR count). The van der Waals surface area contributed by atoms with Crippen LogP contribution in [0.15, 0.2) is 23.0 Å². The van der Waals surface area contributed by atoms with Crippen LogP contribution in [0, 0.1) is 0 Å². The van der Waals surface area contributed by atoms with Crippen LogP contribution < -0.4 is 14.9 Å². The van der Waals surface area contributed by atoms with Gasteiger partial charge in [-0.25, -0.2) is 0 Å². The molecule has 0 N–H and O–H groups in total. The predicted molar refractivity (Wildman–Crippen MR) is 81.5 cm³/mol. The lowest BCUT2D eigenvalue weighted by molar-refractivity contribution is 0.174. The minimum Gasteiger partial charge on any atom is -0.454 e. The zero-order chi connectivity index (χ0) is 15.1. The van der Waals surface area contributed by atoms with E-state index in [1.807, 2.05) is 29.9 Å². The highest BCUT2D eigenvalue weighted by atomic mass is 16.7. The van der Waals surface area contributed by atoms with Crippen LogP contribution in [0.5, 0.6) is 11.5 Å². The molecule has 2 aliphatic rings. The number of ether oxygens (including phenoxy) is 2. The van der Waals surface area contributed by atoms with E-state index in [9.17, 15) is 4.79 Å². The summed E-state index contributed by atoms with van der Waals surface area (Å²) in [6, 6.07) is 5.79. The molecule has 2 heterocycles. The molecule has 114 valence electrons. The Morgan fingerprint density at radius 3 is 2.91 bits per heavy atom. The Labute approximate surface area is 128 Å². The third-order valence-electron chi connectivity index (χ3n) is 4.44. The van der Waals surface area contributed by atoms with Gasteiger partial charge in [-0.3, -0.25) is 9.48 Å². The highest BCUT2D eigenvalue weighted by molar-refractivity contribution is 5.45. The first-order valence-corrected chi connectivity index (χ1v) is 7.69. The van der Waals surface area contributed by atoms with Crippen molar-refractivity contribution < 1.29 is 9.47 Å². The Hall–Kier alpha value is -2.30. The van der Waals surface area contributed by atoms with Gasteiger partial charge in [-0.15, -0.1) is 0 Å². The number of aromatic nitrogens is 2. The molecular weight excluding hydrogens is 280 g/mol. The SMILES string of the molecule is Cn1nc(Cc2ccc3c(c2)OCO3)c(=O)c2c1CCCC2. The molecule has 2 aromatic rings. The van der Waals surface area contributed by atoms with Crippen molar-refractivity contribution in [2.24, 2.45) is 7.05 Å². The molecule has 1 aromatic carbocycles. The number of aryl methyl sites for hydroxylation is 1. The van der Waals surface area contributed by atoms with Crippen LogP contribution >= 0.6 is 0 Å². The molecule has 0 fully saturated rings. The summed E-state index contributed by atoms with van der Waals surface area (Å²) in [4.78, 5) is 12.7. The fourth-order valence-corrected chi connectivity index (χ4v) is 3.31. The summed E-state index contributed by atoms with van der Waals surface area (Å²) in [6.07, 6.45) is 4.59. The second-order valence-corrected chi connectivity index (χ2v) is 5.90. The average Bonchev–Trinajstić information content (AvgIpc) is 3.00. The standard InChI is InChI=1S/C17H18N2O3/c1-19-14-5-3-2-4-12(14)17(20)13(18-19)8-11-6-7-15-16(9-11)22-10-21-15/h6-7,9H,2-5,8,10H2,1H3. The lowest BCUT2D eigenvalue weighted by Crippen LogP contribution is -2.27. The average molecular weight is 298 g/mol. The van der Waals surface area contributed by atoms with Gasteiger partial charge in [0.15, 0.2) is 11.5 Å². The molecule has 5 nitrogen and oxygen atoms in total. The number of rotatable bonds is 2. The quantitative estimate of drug-likeness (QED) is 0.850. The van der Waals surface area contributed by atoms with Gasteiger partial charge >= 0.3 is 0 Å². The van der Waals surface area contributed by atoms with E-state index in [1.54, 1.807) is 0 Å². The third-order valence-corrected chi connectivity index (χ3v) is 4.44. The molecule has 0 bridgehead atoms. The summed E-state index contributed by atoms with van der Waals surface area (Å²) in [5, 5.41) is 4.51. The van der Waals surface area contributed by atoms with Gasteiger partial charge in [-0.05, 0) is 43.4 Å². The molecule has 0 radical (unpaired) electrons. The molecule has 0 saturated heterocycles. The Balaban J connectivity index is 1.71. The van der Waals surface area contributed by atoms with E-state index in [0.717, 1.165) is 54.0 Å². The molecule has 0 unspecified atom stereocenters. The van der Waals surface area contributed by atoms with Crippen LogP contribution in [0.4, 0.5) is 0 Å². The molecule has 5 heteroatoms. The largest absolute Gasteiger partial charge is 0.454 e. The Morgan fingerprint density at radius 1 is 1.18 bits per heavy atom. The van der Waals surface area contributed by atoms with Gasteiger partial charge in [0.25, 0.3) is 0 Å². The van der Waals surface area contributed by atoms with Crippen molar-refractivity contribution in [2.45, 2.75) is 32.1 Å². The van der Waals surface area contributed by atoms with Gasteiger partial charge in [0.2, 0.25) is 12.2 Å². The molecule has 0 saturated carbocycles. The van der Waals surface area contributed by atoms with Crippen LogP contribution in [0.3, 0.4) is 0 Å². The summed E-state index contributed by atoms with van der Waals surface area (Å²) in [5.74, 6) is 1.50. The first-order chi connectivity index (χ1) is 10.7. The van der Waals surface area contributed by atoms with Gasteiger partial charge in [0, 0.05) is 24.7 Å². The number of hydrogen-bond acceptors (Lipinski definition) is 4. The van der Waals surface area contributed by atoms with Gasteiger partial charge in [0.1, 0.15) is 5.69 Å². The number of hydrogen-bond donors (Lipinski definition) is 0. The lowest BCUT2D eigenvalue weighted by Gasteiger charge is -2.19. The maximum Gasteiger partial charge on any atom is 0.231 e. The Bertz CT molecular complexity index is 795. The highest BCUT2D eigenvalue weighted by Crippen LogP contribution is 2.32. The summed E-state index contributed by atoms with van der Waals surface area (Å²) >= 11 is 0. The normalized spacial score (nSPS) is 15.7. The zero-order valence-corrected chi connectivity index (χ0v) is 12.6. The highest BCUT2D eigenvalue weighted by Gasteiger charge is 2.20. The van der Waals surface area contributed by atoms with Crippen molar-refractivity contribution in [3.63, 3.8) is 0 Å². The molecule has 1 aromatic heterocycles. The molecule has 22 heavy (non-hydrogen) atoms.